The number of halogens is 2. The molecule has 1 heterocycles. The van der Waals surface area contributed by atoms with Gasteiger partial charge in [-0.2, -0.15) is 5.10 Å². The quantitative estimate of drug-likeness (QED) is 0.857. The summed E-state index contributed by atoms with van der Waals surface area (Å²) in [5.74, 6) is 0.614. The SMILES string of the molecule is CC(C)n1nccc1NC(=O)CN(C)Cc1ccc(Cl)c(Cl)c1. The van der Waals surface area contributed by atoms with E-state index in [2.05, 4.69) is 10.4 Å². The van der Waals surface area contributed by atoms with Crippen molar-refractivity contribution in [2.24, 2.45) is 0 Å². The Hall–Kier alpha value is -1.56. The number of aromatic nitrogens is 2. The summed E-state index contributed by atoms with van der Waals surface area (Å²) in [7, 11) is 1.88. The fraction of sp³-hybridized carbons (Fsp3) is 0.375. The largest absolute Gasteiger partial charge is 0.310 e. The predicted molar refractivity (Wildman–Crippen MR) is 94.0 cm³/mol. The minimum Gasteiger partial charge on any atom is -0.310 e. The van der Waals surface area contributed by atoms with E-state index >= 15 is 0 Å². The molecule has 0 aliphatic carbocycles. The molecule has 0 saturated carbocycles. The lowest BCUT2D eigenvalue weighted by Crippen LogP contribution is -2.30. The second-order valence-corrected chi connectivity index (χ2v) is 6.54. The second-order valence-electron chi connectivity index (χ2n) is 5.72. The molecule has 0 aliphatic rings. The molecule has 2 aromatic rings. The fourth-order valence-electron chi connectivity index (χ4n) is 2.26. The van der Waals surface area contributed by atoms with Crippen LogP contribution in [0.5, 0.6) is 0 Å². The number of anilines is 1. The number of nitrogens with zero attached hydrogens (tertiary/aromatic N) is 3. The fourth-order valence-corrected chi connectivity index (χ4v) is 2.58. The minimum atomic E-state index is -0.0880. The Bertz CT molecular complexity index is 684. The van der Waals surface area contributed by atoms with E-state index in [1.54, 1.807) is 23.0 Å². The average Bonchev–Trinajstić information content (AvgIpc) is 2.90. The normalized spacial score (nSPS) is 11.3. The number of rotatable bonds is 6. The first-order valence-electron chi connectivity index (χ1n) is 7.32. The van der Waals surface area contributed by atoms with Gasteiger partial charge in [0.25, 0.3) is 0 Å². The molecule has 0 bridgehead atoms. The van der Waals surface area contributed by atoms with Crippen LogP contribution < -0.4 is 5.32 Å². The van der Waals surface area contributed by atoms with Crippen LogP contribution in [0.2, 0.25) is 10.0 Å². The van der Waals surface area contributed by atoms with Gasteiger partial charge in [0.05, 0.1) is 22.8 Å². The van der Waals surface area contributed by atoms with Crippen molar-refractivity contribution in [3.8, 4) is 0 Å². The van der Waals surface area contributed by atoms with Crippen LogP contribution in [0.4, 0.5) is 5.82 Å². The summed E-state index contributed by atoms with van der Waals surface area (Å²) in [6, 6.07) is 7.45. The van der Waals surface area contributed by atoms with Gasteiger partial charge in [0.1, 0.15) is 5.82 Å². The van der Waals surface area contributed by atoms with Crippen molar-refractivity contribution < 1.29 is 4.79 Å². The van der Waals surface area contributed by atoms with Gasteiger partial charge < -0.3 is 5.32 Å². The standard InChI is InChI=1S/C16H20Cl2N4O/c1-11(2)22-15(6-7-19-22)20-16(23)10-21(3)9-12-4-5-13(17)14(18)8-12/h4-8,11H,9-10H2,1-3H3,(H,20,23). The van der Waals surface area contributed by atoms with Crippen molar-refractivity contribution in [2.45, 2.75) is 26.4 Å². The topological polar surface area (TPSA) is 50.2 Å². The van der Waals surface area contributed by atoms with Gasteiger partial charge >= 0.3 is 0 Å². The molecule has 0 radical (unpaired) electrons. The van der Waals surface area contributed by atoms with Crippen LogP contribution in [0.25, 0.3) is 0 Å². The summed E-state index contributed by atoms with van der Waals surface area (Å²) in [4.78, 5) is 14.1. The van der Waals surface area contributed by atoms with Gasteiger partial charge in [-0.3, -0.25) is 9.69 Å². The highest BCUT2D eigenvalue weighted by atomic mass is 35.5. The van der Waals surface area contributed by atoms with Crippen molar-refractivity contribution in [1.82, 2.24) is 14.7 Å². The third-order valence-electron chi connectivity index (χ3n) is 3.28. The Morgan fingerprint density at radius 1 is 1.30 bits per heavy atom. The molecule has 1 N–H and O–H groups in total. The molecule has 0 spiro atoms. The molecular formula is C16H20Cl2N4O. The highest BCUT2D eigenvalue weighted by Crippen LogP contribution is 2.23. The molecule has 1 aromatic carbocycles. The summed E-state index contributed by atoms with van der Waals surface area (Å²) in [5, 5.41) is 8.12. The van der Waals surface area contributed by atoms with Gasteiger partial charge in [0, 0.05) is 18.7 Å². The van der Waals surface area contributed by atoms with Gasteiger partial charge in [0.2, 0.25) is 5.91 Å². The van der Waals surface area contributed by atoms with E-state index in [9.17, 15) is 4.79 Å². The van der Waals surface area contributed by atoms with Gasteiger partial charge in [0.15, 0.2) is 0 Å². The minimum absolute atomic E-state index is 0.0880. The lowest BCUT2D eigenvalue weighted by Gasteiger charge is -2.17. The van der Waals surface area contributed by atoms with Crippen LogP contribution >= 0.6 is 23.2 Å². The summed E-state index contributed by atoms with van der Waals surface area (Å²) in [5.41, 5.74) is 1.00. The van der Waals surface area contributed by atoms with Crippen molar-refractivity contribution in [2.75, 3.05) is 18.9 Å². The third-order valence-corrected chi connectivity index (χ3v) is 4.02. The highest BCUT2D eigenvalue weighted by Gasteiger charge is 2.12. The van der Waals surface area contributed by atoms with Crippen molar-refractivity contribution in [1.29, 1.82) is 0 Å². The van der Waals surface area contributed by atoms with E-state index in [0.717, 1.165) is 5.56 Å². The molecule has 1 aromatic heterocycles. The summed E-state index contributed by atoms with van der Waals surface area (Å²) in [6.07, 6.45) is 1.68. The number of nitrogens with one attached hydrogen (secondary N) is 1. The molecule has 0 unspecified atom stereocenters. The molecule has 23 heavy (non-hydrogen) atoms. The van der Waals surface area contributed by atoms with Crippen LogP contribution in [-0.4, -0.2) is 34.2 Å². The highest BCUT2D eigenvalue weighted by molar-refractivity contribution is 6.42. The van der Waals surface area contributed by atoms with E-state index in [1.165, 1.54) is 0 Å². The van der Waals surface area contributed by atoms with Crippen molar-refractivity contribution in [3.63, 3.8) is 0 Å². The first-order chi connectivity index (χ1) is 10.9. The number of carbonyl (C=O) groups is 1. The van der Waals surface area contributed by atoms with E-state index in [1.807, 2.05) is 37.9 Å². The zero-order valence-electron chi connectivity index (χ0n) is 13.4. The molecule has 124 valence electrons. The number of hydrogen-bond donors (Lipinski definition) is 1. The monoisotopic (exact) mass is 354 g/mol. The van der Waals surface area contributed by atoms with Gasteiger partial charge in [-0.1, -0.05) is 29.3 Å². The van der Waals surface area contributed by atoms with Crippen LogP contribution in [0.3, 0.4) is 0 Å². The summed E-state index contributed by atoms with van der Waals surface area (Å²) in [6.45, 7) is 4.90. The first kappa shape index (κ1) is 17.8. The van der Waals surface area contributed by atoms with Crippen LogP contribution in [0.1, 0.15) is 25.5 Å². The lowest BCUT2D eigenvalue weighted by atomic mass is 10.2. The van der Waals surface area contributed by atoms with E-state index in [0.29, 0.717) is 22.4 Å². The zero-order valence-corrected chi connectivity index (χ0v) is 14.9. The molecular weight excluding hydrogens is 335 g/mol. The lowest BCUT2D eigenvalue weighted by molar-refractivity contribution is -0.117. The average molecular weight is 355 g/mol. The van der Waals surface area contributed by atoms with Gasteiger partial charge in [-0.25, -0.2) is 4.68 Å². The molecule has 0 fully saturated rings. The molecule has 7 heteroatoms. The Kier molecular flexibility index (Phi) is 6.04. The predicted octanol–water partition coefficient (Wildman–Crippen LogP) is 3.84. The molecule has 5 nitrogen and oxygen atoms in total. The molecule has 0 aliphatic heterocycles. The smallest absolute Gasteiger partial charge is 0.239 e. The van der Waals surface area contributed by atoms with Gasteiger partial charge in [-0.05, 0) is 38.6 Å². The van der Waals surface area contributed by atoms with E-state index < -0.39 is 0 Å². The third kappa shape index (κ3) is 4.96. The Balaban J connectivity index is 1.91. The number of carbonyl (C=O) groups excluding carboxylic acids is 1. The Morgan fingerprint density at radius 2 is 2.04 bits per heavy atom. The van der Waals surface area contributed by atoms with Gasteiger partial charge in [-0.15, -0.1) is 0 Å². The number of amides is 1. The van der Waals surface area contributed by atoms with Crippen LogP contribution in [0, 0.1) is 0 Å². The first-order valence-corrected chi connectivity index (χ1v) is 8.08. The van der Waals surface area contributed by atoms with Crippen LogP contribution in [-0.2, 0) is 11.3 Å². The summed E-state index contributed by atoms with van der Waals surface area (Å²) < 4.78 is 1.77. The van der Waals surface area contributed by atoms with Crippen LogP contribution in [0.15, 0.2) is 30.5 Å². The zero-order chi connectivity index (χ0) is 17.0. The second kappa shape index (κ2) is 7.81. The Morgan fingerprint density at radius 3 is 2.70 bits per heavy atom. The maximum Gasteiger partial charge on any atom is 0.239 e. The number of benzene rings is 1. The molecule has 0 atom stereocenters. The van der Waals surface area contributed by atoms with Crippen molar-refractivity contribution in [3.05, 3.63) is 46.1 Å². The molecule has 1 amide bonds. The maximum absolute atomic E-state index is 12.2. The number of likely N-dealkylation sites (N-methyl/N-ethyl adjacent to an activating group) is 1. The number of hydrogen-bond acceptors (Lipinski definition) is 3. The Labute approximate surface area is 146 Å². The van der Waals surface area contributed by atoms with E-state index in [-0.39, 0.29) is 18.5 Å². The molecule has 2 rings (SSSR count). The molecule has 0 saturated heterocycles. The van der Waals surface area contributed by atoms with Crippen molar-refractivity contribution >= 4 is 34.9 Å². The maximum atomic E-state index is 12.2. The van der Waals surface area contributed by atoms with E-state index in [4.69, 9.17) is 23.2 Å². The summed E-state index contributed by atoms with van der Waals surface area (Å²) >= 11 is 11.9.